The third kappa shape index (κ3) is 3.78. The molecule has 0 saturated heterocycles. The Morgan fingerprint density at radius 1 is 1.35 bits per heavy atom. The second-order valence-corrected chi connectivity index (χ2v) is 7.86. The minimum absolute atomic E-state index is 0.403. The van der Waals surface area contributed by atoms with Gasteiger partial charge in [0.15, 0.2) is 5.13 Å². The molecule has 7 heteroatoms. The number of aryl methyl sites for hydroxylation is 1. The van der Waals surface area contributed by atoms with Gasteiger partial charge in [0, 0.05) is 29.1 Å². The average Bonchev–Trinajstić information content (AvgIpc) is 3.19. The molecular formula is C19H22N4OS2. The van der Waals surface area contributed by atoms with E-state index in [0.29, 0.717) is 5.56 Å². The fraction of sp³-hybridized carbons (Fsp3) is 0.263. The van der Waals surface area contributed by atoms with Gasteiger partial charge >= 0.3 is 0 Å². The van der Waals surface area contributed by atoms with Crippen LogP contribution < -0.4 is 11.1 Å². The van der Waals surface area contributed by atoms with Crippen molar-refractivity contribution in [3.8, 4) is 11.4 Å². The molecule has 2 heterocycles. The Hall–Kier alpha value is -2.25. The van der Waals surface area contributed by atoms with Gasteiger partial charge in [-0.2, -0.15) is 11.8 Å². The van der Waals surface area contributed by atoms with Gasteiger partial charge < -0.3 is 15.6 Å². The van der Waals surface area contributed by atoms with Crippen LogP contribution in [0.4, 0.5) is 10.8 Å². The van der Waals surface area contributed by atoms with Crippen molar-refractivity contribution in [2.75, 3.05) is 17.3 Å². The molecule has 3 rings (SSSR count). The summed E-state index contributed by atoms with van der Waals surface area (Å²) < 4.78 is 2.13. The highest BCUT2D eigenvalue weighted by Crippen LogP contribution is 2.31. The quantitative estimate of drug-likeness (QED) is 0.630. The van der Waals surface area contributed by atoms with Crippen LogP contribution in [-0.4, -0.2) is 27.5 Å². The number of aromatic nitrogens is 2. The molecule has 0 atom stereocenters. The summed E-state index contributed by atoms with van der Waals surface area (Å²) >= 11 is 3.32. The molecule has 0 fully saturated rings. The van der Waals surface area contributed by atoms with Crippen molar-refractivity contribution in [1.82, 2.24) is 9.55 Å². The largest absolute Gasteiger partial charge is 0.366 e. The number of benzene rings is 1. The highest BCUT2D eigenvalue weighted by Gasteiger charge is 2.18. The van der Waals surface area contributed by atoms with E-state index < -0.39 is 5.91 Å². The van der Waals surface area contributed by atoms with Crippen LogP contribution in [-0.2, 0) is 6.54 Å². The number of nitrogens with one attached hydrogen (secondary N) is 1. The Bertz CT molecular complexity index is 930. The third-order valence-electron chi connectivity index (χ3n) is 4.30. The lowest BCUT2D eigenvalue weighted by Gasteiger charge is -2.09. The number of para-hydroxylation sites is 1. The summed E-state index contributed by atoms with van der Waals surface area (Å²) in [6.07, 6.45) is 2.07. The van der Waals surface area contributed by atoms with Gasteiger partial charge in [0.2, 0.25) is 0 Å². The minimum Gasteiger partial charge on any atom is -0.366 e. The van der Waals surface area contributed by atoms with Crippen LogP contribution in [0.25, 0.3) is 11.4 Å². The molecule has 0 radical (unpaired) electrons. The number of thioether (sulfide) groups is 1. The molecule has 26 heavy (non-hydrogen) atoms. The van der Waals surface area contributed by atoms with E-state index in [9.17, 15) is 4.79 Å². The zero-order chi connectivity index (χ0) is 18.7. The first-order chi connectivity index (χ1) is 12.5. The first kappa shape index (κ1) is 18.5. The Morgan fingerprint density at radius 2 is 2.12 bits per heavy atom. The number of anilines is 2. The summed E-state index contributed by atoms with van der Waals surface area (Å²) in [4.78, 5) is 16.5. The number of rotatable bonds is 7. The number of nitrogens with two attached hydrogens (primary N) is 1. The molecule has 136 valence electrons. The smallest absolute Gasteiger partial charge is 0.250 e. The van der Waals surface area contributed by atoms with Gasteiger partial charge in [0.25, 0.3) is 5.91 Å². The van der Waals surface area contributed by atoms with Crippen molar-refractivity contribution in [3.05, 3.63) is 52.5 Å². The lowest BCUT2D eigenvalue weighted by Crippen LogP contribution is -2.13. The summed E-state index contributed by atoms with van der Waals surface area (Å²) in [6, 6.07) is 9.96. The highest BCUT2D eigenvalue weighted by atomic mass is 32.2. The first-order valence-electron chi connectivity index (χ1n) is 8.28. The van der Waals surface area contributed by atoms with Crippen LogP contribution in [0.1, 0.15) is 21.6 Å². The standard InChI is InChI=1S/C19H22N4OS2/c1-12-6-4-5-7-15(12)21-19-22-16(11-26-19)17-10-14(18(20)24)13(2)23(17)8-9-25-3/h4-7,10-11H,8-9H2,1-3H3,(H2,20,24)(H,21,22). The van der Waals surface area contributed by atoms with Gasteiger partial charge in [0.1, 0.15) is 0 Å². The molecule has 3 N–H and O–H groups in total. The molecule has 0 aliphatic rings. The van der Waals surface area contributed by atoms with Crippen molar-refractivity contribution in [3.63, 3.8) is 0 Å². The molecule has 1 aromatic carbocycles. The van der Waals surface area contributed by atoms with E-state index in [1.165, 1.54) is 5.56 Å². The molecule has 0 spiro atoms. The number of primary amides is 1. The van der Waals surface area contributed by atoms with Crippen molar-refractivity contribution in [1.29, 1.82) is 0 Å². The van der Waals surface area contributed by atoms with Gasteiger partial charge in [-0.05, 0) is 37.8 Å². The molecule has 0 aliphatic carbocycles. The van der Waals surface area contributed by atoms with Crippen LogP contribution in [0, 0.1) is 13.8 Å². The predicted octanol–water partition coefficient (Wildman–Crippen LogP) is 4.43. The zero-order valence-electron chi connectivity index (χ0n) is 15.1. The molecule has 3 aromatic rings. The number of hydrogen-bond acceptors (Lipinski definition) is 5. The van der Waals surface area contributed by atoms with Crippen molar-refractivity contribution >= 4 is 39.8 Å². The maximum atomic E-state index is 11.7. The molecule has 5 nitrogen and oxygen atoms in total. The second kappa shape index (κ2) is 7.97. The van der Waals surface area contributed by atoms with Crippen LogP contribution in [0.5, 0.6) is 0 Å². The Labute approximate surface area is 161 Å². The normalized spacial score (nSPS) is 10.9. The second-order valence-electron chi connectivity index (χ2n) is 6.02. The van der Waals surface area contributed by atoms with E-state index >= 15 is 0 Å². The Balaban J connectivity index is 1.94. The fourth-order valence-electron chi connectivity index (χ4n) is 2.85. The maximum Gasteiger partial charge on any atom is 0.250 e. The fourth-order valence-corrected chi connectivity index (χ4v) is 3.94. The number of thiazole rings is 1. The molecule has 2 aromatic heterocycles. The van der Waals surface area contributed by atoms with Gasteiger partial charge in [-0.15, -0.1) is 11.3 Å². The SMILES string of the molecule is CSCCn1c(-c2csc(Nc3ccccc3C)n2)cc(C(N)=O)c1C. The van der Waals surface area contributed by atoms with Crippen molar-refractivity contribution < 1.29 is 4.79 Å². The Morgan fingerprint density at radius 3 is 2.81 bits per heavy atom. The summed E-state index contributed by atoms with van der Waals surface area (Å²) in [5, 5.41) is 6.21. The molecule has 0 saturated carbocycles. The number of carbonyl (C=O) groups is 1. The predicted molar refractivity (Wildman–Crippen MR) is 112 cm³/mol. The van der Waals surface area contributed by atoms with Crippen LogP contribution in [0.2, 0.25) is 0 Å². The molecule has 0 unspecified atom stereocenters. The summed E-state index contributed by atoms with van der Waals surface area (Å²) in [5.74, 6) is 0.555. The molecule has 1 amide bonds. The van der Waals surface area contributed by atoms with Gasteiger partial charge in [-0.25, -0.2) is 4.98 Å². The average molecular weight is 387 g/mol. The molecule has 0 bridgehead atoms. The highest BCUT2D eigenvalue weighted by molar-refractivity contribution is 7.98. The molecule has 0 aliphatic heterocycles. The number of carbonyl (C=O) groups excluding carboxylic acids is 1. The van der Waals surface area contributed by atoms with E-state index in [-0.39, 0.29) is 0 Å². The van der Waals surface area contributed by atoms with E-state index in [2.05, 4.69) is 29.1 Å². The first-order valence-corrected chi connectivity index (χ1v) is 10.6. The van der Waals surface area contributed by atoms with Crippen LogP contribution in [0.15, 0.2) is 35.7 Å². The van der Waals surface area contributed by atoms with E-state index in [1.807, 2.05) is 36.6 Å². The molecular weight excluding hydrogens is 364 g/mol. The maximum absolute atomic E-state index is 11.7. The van der Waals surface area contributed by atoms with E-state index in [0.717, 1.165) is 40.2 Å². The topological polar surface area (TPSA) is 72.9 Å². The van der Waals surface area contributed by atoms with Crippen molar-refractivity contribution in [2.45, 2.75) is 20.4 Å². The summed E-state index contributed by atoms with van der Waals surface area (Å²) in [7, 11) is 0. The lowest BCUT2D eigenvalue weighted by molar-refractivity contribution is 0.0999. The van der Waals surface area contributed by atoms with Gasteiger partial charge in [0.05, 0.1) is 17.0 Å². The monoisotopic (exact) mass is 386 g/mol. The van der Waals surface area contributed by atoms with Gasteiger partial charge in [-0.3, -0.25) is 4.79 Å². The number of hydrogen-bond donors (Lipinski definition) is 2. The minimum atomic E-state index is -0.403. The Kier molecular flexibility index (Phi) is 5.68. The number of nitrogens with zero attached hydrogens (tertiary/aromatic N) is 2. The summed E-state index contributed by atoms with van der Waals surface area (Å²) in [5.41, 5.74) is 11.0. The third-order valence-corrected chi connectivity index (χ3v) is 5.65. The van der Waals surface area contributed by atoms with Crippen LogP contribution >= 0.6 is 23.1 Å². The zero-order valence-corrected chi connectivity index (χ0v) is 16.7. The summed E-state index contributed by atoms with van der Waals surface area (Å²) in [6.45, 7) is 4.81. The van der Waals surface area contributed by atoms with E-state index in [4.69, 9.17) is 10.7 Å². The number of amides is 1. The van der Waals surface area contributed by atoms with Crippen molar-refractivity contribution in [2.24, 2.45) is 5.73 Å². The van der Waals surface area contributed by atoms with Gasteiger partial charge in [-0.1, -0.05) is 18.2 Å². The van der Waals surface area contributed by atoms with E-state index in [1.54, 1.807) is 23.1 Å². The lowest BCUT2D eigenvalue weighted by atomic mass is 10.2. The van der Waals surface area contributed by atoms with Crippen LogP contribution in [0.3, 0.4) is 0 Å².